The Morgan fingerprint density at radius 1 is 1.23 bits per heavy atom. The minimum absolute atomic E-state index is 0.322. The molecule has 0 aliphatic carbocycles. The van der Waals surface area contributed by atoms with Gasteiger partial charge in [0.2, 0.25) is 0 Å². The maximum atomic E-state index is 11.9. The molecule has 0 bridgehead atoms. The SMILES string of the molecule is CC(CC(F)(F)F)NC(C)C(C)O. The molecular formula is C8H16F3NO. The third-order valence-corrected chi connectivity index (χ3v) is 1.81. The van der Waals surface area contributed by atoms with Crippen LogP contribution >= 0.6 is 0 Å². The van der Waals surface area contributed by atoms with E-state index < -0.39 is 24.7 Å². The molecule has 0 aliphatic rings. The van der Waals surface area contributed by atoms with E-state index in [9.17, 15) is 13.2 Å². The van der Waals surface area contributed by atoms with Gasteiger partial charge in [-0.2, -0.15) is 13.2 Å². The molecule has 0 rings (SSSR count). The van der Waals surface area contributed by atoms with Gasteiger partial charge in [0.1, 0.15) is 0 Å². The molecule has 0 saturated carbocycles. The summed E-state index contributed by atoms with van der Waals surface area (Å²) in [5, 5.41) is 11.7. The number of aliphatic hydroxyl groups is 1. The van der Waals surface area contributed by atoms with Gasteiger partial charge in [0, 0.05) is 12.1 Å². The van der Waals surface area contributed by atoms with E-state index in [1.807, 2.05) is 0 Å². The number of hydrogen-bond donors (Lipinski definition) is 2. The van der Waals surface area contributed by atoms with E-state index in [0.717, 1.165) is 0 Å². The number of nitrogens with one attached hydrogen (secondary N) is 1. The molecule has 3 unspecified atom stereocenters. The molecule has 0 fully saturated rings. The Labute approximate surface area is 76.1 Å². The maximum Gasteiger partial charge on any atom is 0.390 e. The number of halogens is 3. The molecule has 0 aliphatic heterocycles. The second-order valence-electron chi connectivity index (χ2n) is 3.42. The Balaban J connectivity index is 3.81. The minimum Gasteiger partial charge on any atom is -0.392 e. The van der Waals surface area contributed by atoms with Crippen molar-refractivity contribution >= 4 is 0 Å². The summed E-state index contributed by atoms with van der Waals surface area (Å²) < 4.78 is 35.6. The number of aliphatic hydroxyl groups excluding tert-OH is 1. The summed E-state index contributed by atoms with van der Waals surface area (Å²) in [5.41, 5.74) is 0. The van der Waals surface area contributed by atoms with Crippen molar-refractivity contribution in [2.45, 2.75) is 51.6 Å². The van der Waals surface area contributed by atoms with Crippen LogP contribution in [0.25, 0.3) is 0 Å². The first-order chi connectivity index (χ1) is 5.72. The van der Waals surface area contributed by atoms with E-state index in [-0.39, 0.29) is 6.04 Å². The van der Waals surface area contributed by atoms with Crippen molar-refractivity contribution in [3.05, 3.63) is 0 Å². The molecule has 2 nitrogen and oxygen atoms in total. The maximum absolute atomic E-state index is 11.9. The second kappa shape index (κ2) is 4.81. The average molecular weight is 199 g/mol. The Morgan fingerprint density at radius 3 is 2.00 bits per heavy atom. The zero-order valence-electron chi connectivity index (χ0n) is 8.02. The van der Waals surface area contributed by atoms with Crippen LogP contribution in [-0.4, -0.2) is 29.5 Å². The van der Waals surface area contributed by atoms with Gasteiger partial charge < -0.3 is 10.4 Å². The molecule has 0 spiro atoms. The van der Waals surface area contributed by atoms with Crippen molar-refractivity contribution in [2.75, 3.05) is 0 Å². The molecule has 0 heterocycles. The van der Waals surface area contributed by atoms with Crippen molar-refractivity contribution < 1.29 is 18.3 Å². The van der Waals surface area contributed by atoms with E-state index >= 15 is 0 Å². The van der Waals surface area contributed by atoms with Crippen LogP contribution in [0.1, 0.15) is 27.2 Å². The number of alkyl halides is 3. The first-order valence-corrected chi connectivity index (χ1v) is 4.23. The minimum atomic E-state index is -4.15. The smallest absolute Gasteiger partial charge is 0.390 e. The fraction of sp³-hybridized carbons (Fsp3) is 1.00. The van der Waals surface area contributed by atoms with Crippen molar-refractivity contribution in [1.82, 2.24) is 5.32 Å². The highest BCUT2D eigenvalue weighted by molar-refractivity contribution is 4.73. The fourth-order valence-corrected chi connectivity index (χ4v) is 0.994. The molecule has 0 aromatic carbocycles. The molecular weight excluding hydrogens is 183 g/mol. The first-order valence-electron chi connectivity index (χ1n) is 4.23. The van der Waals surface area contributed by atoms with Gasteiger partial charge in [0.05, 0.1) is 12.5 Å². The van der Waals surface area contributed by atoms with E-state index in [1.165, 1.54) is 13.8 Å². The summed E-state index contributed by atoms with van der Waals surface area (Å²) in [5.74, 6) is 0. The Kier molecular flexibility index (Phi) is 4.70. The van der Waals surface area contributed by atoms with Crippen LogP contribution in [0.15, 0.2) is 0 Å². The number of hydrogen-bond acceptors (Lipinski definition) is 2. The lowest BCUT2D eigenvalue weighted by atomic mass is 10.1. The van der Waals surface area contributed by atoms with Gasteiger partial charge in [-0.25, -0.2) is 0 Å². The van der Waals surface area contributed by atoms with E-state index in [4.69, 9.17) is 5.11 Å². The molecule has 2 N–H and O–H groups in total. The summed E-state index contributed by atoms with van der Waals surface area (Å²) in [6.07, 6.45) is -5.66. The lowest BCUT2D eigenvalue weighted by Crippen LogP contribution is -2.42. The average Bonchev–Trinajstić information content (AvgIpc) is 1.81. The first kappa shape index (κ1) is 12.7. The summed E-state index contributed by atoms with van der Waals surface area (Å²) in [4.78, 5) is 0. The fourth-order valence-electron chi connectivity index (χ4n) is 0.994. The van der Waals surface area contributed by atoms with E-state index in [0.29, 0.717) is 0 Å². The lowest BCUT2D eigenvalue weighted by molar-refractivity contribution is -0.139. The van der Waals surface area contributed by atoms with Gasteiger partial charge >= 0.3 is 6.18 Å². The van der Waals surface area contributed by atoms with Crippen LogP contribution in [0.5, 0.6) is 0 Å². The standard InChI is InChI=1S/C8H16F3NO/c1-5(4-8(9,10)11)12-6(2)7(3)13/h5-7,12-13H,4H2,1-3H3. The quantitative estimate of drug-likeness (QED) is 0.722. The van der Waals surface area contributed by atoms with Gasteiger partial charge in [0.15, 0.2) is 0 Å². The van der Waals surface area contributed by atoms with Crippen molar-refractivity contribution in [1.29, 1.82) is 0 Å². The van der Waals surface area contributed by atoms with Crippen molar-refractivity contribution in [3.8, 4) is 0 Å². The monoisotopic (exact) mass is 199 g/mol. The van der Waals surface area contributed by atoms with Crippen LogP contribution in [-0.2, 0) is 0 Å². The number of rotatable bonds is 4. The predicted octanol–water partition coefficient (Wildman–Crippen LogP) is 1.69. The van der Waals surface area contributed by atoms with Gasteiger partial charge in [-0.1, -0.05) is 0 Å². The van der Waals surface area contributed by atoms with Crippen molar-refractivity contribution in [3.63, 3.8) is 0 Å². The molecule has 5 heteroatoms. The molecule has 0 aromatic rings. The Hall–Kier alpha value is -0.290. The molecule has 3 atom stereocenters. The molecule has 80 valence electrons. The zero-order chi connectivity index (χ0) is 10.6. The largest absolute Gasteiger partial charge is 0.392 e. The topological polar surface area (TPSA) is 32.3 Å². The van der Waals surface area contributed by atoms with Crippen molar-refractivity contribution in [2.24, 2.45) is 0 Å². The third-order valence-electron chi connectivity index (χ3n) is 1.81. The van der Waals surface area contributed by atoms with Gasteiger partial charge in [-0.15, -0.1) is 0 Å². The highest BCUT2D eigenvalue weighted by Gasteiger charge is 2.30. The van der Waals surface area contributed by atoms with Gasteiger partial charge in [-0.05, 0) is 20.8 Å². The van der Waals surface area contributed by atoms with Gasteiger partial charge in [0.25, 0.3) is 0 Å². The lowest BCUT2D eigenvalue weighted by Gasteiger charge is -2.22. The Bertz CT molecular complexity index is 147. The zero-order valence-corrected chi connectivity index (χ0v) is 8.02. The third kappa shape index (κ3) is 6.83. The highest BCUT2D eigenvalue weighted by Crippen LogP contribution is 2.21. The van der Waals surface area contributed by atoms with Gasteiger partial charge in [-0.3, -0.25) is 0 Å². The molecule has 0 radical (unpaired) electrons. The van der Waals surface area contributed by atoms with Crippen LogP contribution in [0.3, 0.4) is 0 Å². The summed E-state index contributed by atoms with van der Waals surface area (Å²) in [6, 6.07) is -0.984. The predicted molar refractivity (Wildman–Crippen MR) is 44.4 cm³/mol. The van der Waals surface area contributed by atoms with Crippen LogP contribution in [0, 0.1) is 0 Å². The normalized spacial score (nSPS) is 19.6. The summed E-state index contributed by atoms with van der Waals surface area (Å²) in [6.45, 7) is 4.64. The molecule has 0 aromatic heterocycles. The highest BCUT2D eigenvalue weighted by atomic mass is 19.4. The van der Waals surface area contributed by atoms with Crippen LogP contribution in [0.4, 0.5) is 13.2 Å². The molecule has 0 amide bonds. The molecule has 13 heavy (non-hydrogen) atoms. The summed E-state index contributed by atoms with van der Waals surface area (Å²) >= 11 is 0. The van der Waals surface area contributed by atoms with E-state index in [2.05, 4.69) is 5.32 Å². The summed E-state index contributed by atoms with van der Waals surface area (Å²) in [7, 11) is 0. The Morgan fingerprint density at radius 2 is 1.69 bits per heavy atom. The van der Waals surface area contributed by atoms with Crippen LogP contribution in [0.2, 0.25) is 0 Å². The molecule has 0 saturated heterocycles. The second-order valence-corrected chi connectivity index (χ2v) is 3.42. The van der Waals surface area contributed by atoms with E-state index in [1.54, 1.807) is 6.92 Å². The van der Waals surface area contributed by atoms with Crippen LogP contribution < -0.4 is 5.32 Å².